The van der Waals surface area contributed by atoms with E-state index in [2.05, 4.69) is 45.0 Å². The van der Waals surface area contributed by atoms with Gasteiger partial charge in [0.15, 0.2) is 5.13 Å². The van der Waals surface area contributed by atoms with Crippen LogP contribution in [0.2, 0.25) is 0 Å². The van der Waals surface area contributed by atoms with Crippen molar-refractivity contribution >= 4 is 44.3 Å². The highest BCUT2D eigenvalue weighted by atomic mass is 32.1. The third kappa shape index (κ3) is 4.44. The first-order valence-electron chi connectivity index (χ1n) is 9.22. The van der Waals surface area contributed by atoms with Gasteiger partial charge in [-0.15, -0.1) is 0 Å². The third-order valence-corrected chi connectivity index (χ3v) is 6.13. The summed E-state index contributed by atoms with van der Waals surface area (Å²) in [7, 11) is 0. The highest BCUT2D eigenvalue weighted by molar-refractivity contribution is 7.22. The lowest BCUT2D eigenvalue weighted by atomic mass is 10.0. The van der Waals surface area contributed by atoms with Crippen molar-refractivity contribution in [1.29, 1.82) is 0 Å². The molecule has 2 heterocycles. The zero-order chi connectivity index (χ0) is 20.4. The number of hydrogen-bond acceptors (Lipinski definition) is 7. The van der Waals surface area contributed by atoms with Crippen LogP contribution in [0.4, 0.5) is 5.13 Å². The van der Waals surface area contributed by atoms with E-state index < -0.39 is 0 Å². The molecule has 29 heavy (non-hydrogen) atoms. The van der Waals surface area contributed by atoms with Crippen LogP contribution in [0.1, 0.15) is 47.1 Å². The summed E-state index contributed by atoms with van der Waals surface area (Å²) < 4.78 is 15.1. The van der Waals surface area contributed by atoms with E-state index in [1.807, 2.05) is 13.0 Å². The first-order valence-corrected chi connectivity index (χ1v) is 10.8. The average Bonchev–Trinajstić information content (AvgIpc) is 3.31. The molecule has 2 aromatic carbocycles. The Morgan fingerprint density at radius 1 is 1.14 bits per heavy atom. The van der Waals surface area contributed by atoms with Crippen LogP contribution in [0, 0.1) is 6.92 Å². The normalized spacial score (nSPS) is 11.2. The van der Waals surface area contributed by atoms with E-state index in [-0.39, 0.29) is 5.91 Å². The number of aryl methyl sites for hydroxylation is 1. The Balaban J connectivity index is 1.41. The number of carbonyl (C=O) groups excluding carboxylic acids is 1. The minimum absolute atomic E-state index is 0.195. The maximum atomic E-state index is 12.6. The zero-order valence-corrected chi connectivity index (χ0v) is 17.9. The maximum Gasteiger partial charge on any atom is 0.257 e. The Kier molecular flexibility index (Phi) is 5.55. The van der Waals surface area contributed by atoms with Gasteiger partial charge in [0.2, 0.25) is 0 Å². The molecular formula is C21H20N4O2S2. The van der Waals surface area contributed by atoms with Crippen LogP contribution >= 0.6 is 23.1 Å². The molecule has 0 radical (unpaired) electrons. The van der Waals surface area contributed by atoms with Crippen molar-refractivity contribution in [3.05, 3.63) is 65.0 Å². The molecule has 0 atom stereocenters. The van der Waals surface area contributed by atoms with E-state index in [0.717, 1.165) is 21.6 Å². The number of nitrogens with one attached hydrogen (secondary N) is 1. The molecule has 0 spiro atoms. The SMILES string of the molecule is Cc1nsnc1COc1ccc(C(=O)Nc2nc3ccc(C(C)C)cc3s2)cc1. The number of ether oxygens (including phenoxy) is 1. The summed E-state index contributed by atoms with van der Waals surface area (Å²) in [6.07, 6.45) is 0. The van der Waals surface area contributed by atoms with Crippen LogP contribution in [0.5, 0.6) is 5.75 Å². The van der Waals surface area contributed by atoms with Crippen molar-refractivity contribution in [2.75, 3.05) is 5.32 Å². The van der Waals surface area contributed by atoms with E-state index in [9.17, 15) is 4.79 Å². The first-order chi connectivity index (χ1) is 14.0. The minimum Gasteiger partial charge on any atom is -0.487 e. The van der Waals surface area contributed by atoms with Crippen molar-refractivity contribution in [2.24, 2.45) is 0 Å². The van der Waals surface area contributed by atoms with Gasteiger partial charge >= 0.3 is 0 Å². The number of rotatable bonds is 6. The number of nitrogens with zero attached hydrogens (tertiary/aromatic N) is 3. The third-order valence-electron chi connectivity index (χ3n) is 4.54. The van der Waals surface area contributed by atoms with E-state index in [1.165, 1.54) is 28.6 Å². The van der Waals surface area contributed by atoms with Crippen LogP contribution in [0.3, 0.4) is 0 Å². The van der Waals surface area contributed by atoms with Gasteiger partial charge in [-0.3, -0.25) is 10.1 Å². The van der Waals surface area contributed by atoms with Crippen molar-refractivity contribution in [3.63, 3.8) is 0 Å². The van der Waals surface area contributed by atoms with E-state index in [4.69, 9.17) is 4.74 Å². The Labute approximate surface area is 176 Å². The summed E-state index contributed by atoms with van der Waals surface area (Å²) in [6.45, 7) is 6.58. The second-order valence-electron chi connectivity index (χ2n) is 6.96. The Bertz CT molecular complexity index is 1150. The van der Waals surface area contributed by atoms with Crippen LogP contribution in [0.15, 0.2) is 42.5 Å². The number of aromatic nitrogens is 3. The molecule has 0 bridgehead atoms. The largest absolute Gasteiger partial charge is 0.487 e. The van der Waals surface area contributed by atoms with E-state index in [0.29, 0.717) is 29.0 Å². The van der Waals surface area contributed by atoms with Crippen molar-refractivity contribution < 1.29 is 9.53 Å². The van der Waals surface area contributed by atoms with Gasteiger partial charge < -0.3 is 4.74 Å². The summed E-state index contributed by atoms with van der Waals surface area (Å²) in [5.74, 6) is 0.936. The van der Waals surface area contributed by atoms with Crippen LogP contribution in [0.25, 0.3) is 10.2 Å². The standard InChI is InChI=1S/C21H20N4O2S2/c1-12(2)15-6-9-17-19(10-15)28-21(22-17)23-20(26)14-4-7-16(8-5-14)27-11-18-13(3)24-29-25-18/h4-10,12H,11H2,1-3H3,(H,22,23,26). The Hall–Kier alpha value is -2.84. The van der Waals surface area contributed by atoms with Gasteiger partial charge in [0.1, 0.15) is 18.1 Å². The highest BCUT2D eigenvalue weighted by Crippen LogP contribution is 2.29. The van der Waals surface area contributed by atoms with Gasteiger partial charge in [0.05, 0.1) is 27.6 Å². The molecule has 0 aliphatic rings. The molecule has 0 unspecified atom stereocenters. The molecule has 0 saturated heterocycles. The molecule has 4 rings (SSSR count). The topological polar surface area (TPSA) is 77.0 Å². The summed E-state index contributed by atoms with van der Waals surface area (Å²) in [5, 5.41) is 3.48. The van der Waals surface area contributed by atoms with Crippen molar-refractivity contribution in [2.45, 2.75) is 33.3 Å². The molecular weight excluding hydrogens is 404 g/mol. The molecule has 2 aromatic heterocycles. The quantitative estimate of drug-likeness (QED) is 0.448. The molecule has 0 saturated carbocycles. The number of fused-ring (bicyclic) bond motifs is 1. The highest BCUT2D eigenvalue weighted by Gasteiger charge is 2.12. The van der Waals surface area contributed by atoms with Crippen molar-refractivity contribution in [3.8, 4) is 5.75 Å². The molecule has 1 N–H and O–H groups in total. The Morgan fingerprint density at radius 3 is 2.62 bits per heavy atom. The fourth-order valence-electron chi connectivity index (χ4n) is 2.76. The number of anilines is 1. The van der Waals surface area contributed by atoms with Gasteiger partial charge in [0, 0.05) is 5.56 Å². The second kappa shape index (κ2) is 8.26. The molecule has 4 aromatic rings. The number of hydrogen-bond donors (Lipinski definition) is 1. The predicted molar refractivity (Wildman–Crippen MR) is 117 cm³/mol. The van der Waals surface area contributed by atoms with Gasteiger partial charge in [-0.1, -0.05) is 31.3 Å². The molecule has 0 aliphatic heterocycles. The molecule has 0 fully saturated rings. The predicted octanol–water partition coefficient (Wildman–Crippen LogP) is 5.41. The van der Waals surface area contributed by atoms with Crippen LogP contribution in [-0.4, -0.2) is 19.6 Å². The molecule has 0 aliphatic carbocycles. The van der Waals surface area contributed by atoms with E-state index >= 15 is 0 Å². The minimum atomic E-state index is -0.195. The summed E-state index contributed by atoms with van der Waals surface area (Å²) in [4.78, 5) is 17.1. The first kappa shape index (κ1) is 19.5. The number of carbonyl (C=O) groups is 1. The molecule has 8 heteroatoms. The van der Waals surface area contributed by atoms with Crippen molar-refractivity contribution in [1.82, 2.24) is 13.7 Å². The number of benzene rings is 2. The van der Waals surface area contributed by atoms with Gasteiger partial charge in [-0.25, -0.2) is 4.98 Å². The fraction of sp³-hybridized carbons (Fsp3) is 0.238. The fourth-order valence-corrected chi connectivity index (χ4v) is 4.22. The lowest BCUT2D eigenvalue weighted by Gasteiger charge is -2.06. The zero-order valence-electron chi connectivity index (χ0n) is 16.3. The van der Waals surface area contributed by atoms with Gasteiger partial charge in [-0.2, -0.15) is 8.75 Å². The smallest absolute Gasteiger partial charge is 0.257 e. The summed E-state index contributed by atoms with van der Waals surface area (Å²) >= 11 is 2.66. The Morgan fingerprint density at radius 2 is 1.93 bits per heavy atom. The van der Waals surface area contributed by atoms with Crippen LogP contribution in [-0.2, 0) is 6.61 Å². The van der Waals surface area contributed by atoms with Gasteiger partial charge in [-0.05, 0) is 54.8 Å². The summed E-state index contributed by atoms with van der Waals surface area (Å²) in [6, 6.07) is 13.2. The molecule has 1 amide bonds. The second-order valence-corrected chi connectivity index (χ2v) is 8.52. The molecule has 6 nitrogen and oxygen atoms in total. The maximum absolute atomic E-state index is 12.6. The monoisotopic (exact) mass is 424 g/mol. The average molecular weight is 425 g/mol. The molecule has 148 valence electrons. The van der Waals surface area contributed by atoms with E-state index in [1.54, 1.807) is 24.3 Å². The summed E-state index contributed by atoms with van der Waals surface area (Å²) in [5.41, 5.74) is 4.41. The lowest BCUT2D eigenvalue weighted by molar-refractivity contribution is 0.102. The van der Waals surface area contributed by atoms with Gasteiger partial charge in [0.25, 0.3) is 5.91 Å². The number of thiazole rings is 1. The lowest BCUT2D eigenvalue weighted by Crippen LogP contribution is -2.11. The number of amides is 1. The van der Waals surface area contributed by atoms with Crippen LogP contribution < -0.4 is 10.1 Å².